The lowest BCUT2D eigenvalue weighted by Crippen LogP contribution is -2.28. The average molecular weight is 402 g/mol. The van der Waals surface area contributed by atoms with Crippen LogP contribution in [-0.4, -0.2) is 34.2 Å². The normalized spacial score (nSPS) is 20.1. The predicted molar refractivity (Wildman–Crippen MR) is 104 cm³/mol. The highest BCUT2D eigenvalue weighted by Gasteiger charge is 2.64. The Morgan fingerprint density at radius 1 is 1.25 bits per heavy atom. The van der Waals surface area contributed by atoms with E-state index in [2.05, 4.69) is 15.6 Å². The van der Waals surface area contributed by atoms with Crippen LogP contribution in [0.5, 0.6) is 0 Å². The first-order valence-electron chi connectivity index (χ1n) is 8.89. The number of carbonyl (C=O) groups excluding carboxylic acids is 3. The molecule has 1 aromatic heterocycles. The van der Waals surface area contributed by atoms with Gasteiger partial charge >= 0.3 is 5.97 Å². The van der Waals surface area contributed by atoms with E-state index in [1.807, 2.05) is 6.07 Å². The van der Waals surface area contributed by atoms with Crippen molar-refractivity contribution < 1.29 is 19.1 Å². The van der Waals surface area contributed by atoms with E-state index in [4.69, 9.17) is 16.3 Å². The molecule has 1 saturated carbocycles. The van der Waals surface area contributed by atoms with Crippen molar-refractivity contribution in [1.82, 2.24) is 10.3 Å². The summed E-state index contributed by atoms with van der Waals surface area (Å²) in [7, 11) is 0. The van der Waals surface area contributed by atoms with Gasteiger partial charge in [0, 0.05) is 18.9 Å². The van der Waals surface area contributed by atoms with E-state index in [1.54, 1.807) is 49.6 Å². The van der Waals surface area contributed by atoms with E-state index in [9.17, 15) is 14.4 Å². The molecule has 2 N–H and O–H groups in total. The Morgan fingerprint density at radius 2 is 2.04 bits per heavy atom. The van der Waals surface area contributed by atoms with Crippen molar-refractivity contribution in [3.8, 4) is 0 Å². The van der Waals surface area contributed by atoms with E-state index < -0.39 is 22.7 Å². The number of hydrogen-bond donors (Lipinski definition) is 2. The first-order chi connectivity index (χ1) is 13.5. The molecule has 1 aromatic carbocycles. The number of anilines is 1. The van der Waals surface area contributed by atoms with Gasteiger partial charge in [-0.05, 0) is 37.1 Å². The van der Waals surface area contributed by atoms with Crippen LogP contribution in [0.3, 0.4) is 0 Å². The Hall–Kier alpha value is -2.93. The molecule has 0 spiro atoms. The number of amides is 2. The lowest BCUT2D eigenvalue weighted by Gasteiger charge is -2.12. The molecule has 1 aliphatic carbocycles. The Labute approximate surface area is 167 Å². The maximum absolute atomic E-state index is 12.5. The summed E-state index contributed by atoms with van der Waals surface area (Å²) in [5, 5.41) is 5.49. The van der Waals surface area contributed by atoms with Crippen molar-refractivity contribution in [2.45, 2.75) is 24.8 Å². The van der Waals surface area contributed by atoms with Crippen molar-refractivity contribution in [3.63, 3.8) is 0 Å². The first kappa shape index (κ1) is 19.8. The van der Waals surface area contributed by atoms with Crippen molar-refractivity contribution >= 4 is 35.1 Å². The van der Waals surface area contributed by atoms with Crippen LogP contribution in [-0.2, 0) is 20.9 Å². The Morgan fingerprint density at radius 3 is 2.75 bits per heavy atom. The van der Waals surface area contributed by atoms with Gasteiger partial charge in [0.2, 0.25) is 5.91 Å². The van der Waals surface area contributed by atoms with Crippen LogP contribution in [0, 0.1) is 5.92 Å². The zero-order chi connectivity index (χ0) is 20.1. The summed E-state index contributed by atoms with van der Waals surface area (Å²) in [5.74, 6) is -2.05. The minimum atomic E-state index is -1.32. The molecule has 2 unspecified atom stereocenters. The van der Waals surface area contributed by atoms with Gasteiger partial charge in [-0.25, -0.2) is 0 Å². The smallest absolute Gasteiger partial charge is 0.328 e. The molecule has 2 atom stereocenters. The molecule has 3 rings (SSSR count). The van der Waals surface area contributed by atoms with Gasteiger partial charge in [-0.15, -0.1) is 11.6 Å². The molecule has 146 valence electrons. The number of aromatic nitrogens is 1. The SMILES string of the molecule is CCOC(=O)C1(Cl)CC1C(=O)Nc1ccccc1C(=O)NCc1cccnc1. The van der Waals surface area contributed by atoms with Gasteiger partial charge in [0.15, 0.2) is 4.87 Å². The average Bonchev–Trinajstić information content (AvgIpc) is 3.41. The van der Waals surface area contributed by atoms with Gasteiger partial charge in [0.25, 0.3) is 5.91 Å². The van der Waals surface area contributed by atoms with Crippen LogP contribution < -0.4 is 10.6 Å². The van der Waals surface area contributed by atoms with Gasteiger partial charge in [0.1, 0.15) is 0 Å². The molecule has 0 bridgehead atoms. The number of hydrogen-bond acceptors (Lipinski definition) is 5. The molecule has 0 radical (unpaired) electrons. The second-order valence-corrected chi connectivity index (χ2v) is 7.09. The maximum Gasteiger partial charge on any atom is 0.328 e. The highest BCUT2D eigenvalue weighted by molar-refractivity contribution is 6.39. The fourth-order valence-corrected chi connectivity index (χ4v) is 3.11. The fourth-order valence-electron chi connectivity index (χ4n) is 2.81. The van der Waals surface area contributed by atoms with Gasteiger partial charge in [-0.3, -0.25) is 19.4 Å². The number of rotatable bonds is 7. The zero-order valence-corrected chi connectivity index (χ0v) is 16.0. The summed E-state index contributed by atoms with van der Waals surface area (Å²) < 4.78 is 4.92. The minimum Gasteiger partial charge on any atom is -0.465 e. The predicted octanol–water partition coefficient (Wildman–Crippen LogP) is 2.51. The van der Waals surface area contributed by atoms with Gasteiger partial charge in [0.05, 0.1) is 23.8 Å². The molecule has 1 heterocycles. The third-order valence-corrected chi connectivity index (χ3v) is 5.00. The number of carbonyl (C=O) groups is 3. The second-order valence-electron chi connectivity index (χ2n) is 6.42. The fraction of sp³-hybridized carbons (Fsp3) is 0.300. The van der Waals surface area contributed by atoms with Gasteiger partial charge < -0.3 is 15.4 Å². The highest BCUT2D eigenvalue weighted by atomic mass is 35.5. The number of nitrogens with zero attached hydrogens (tertiary/aromatic N) is 1. The van der Waals surface area contributed by atoms with Crippen molar-refractivity contribution in [3.05, 3.63) is 59.9 Å². The molecular weight excluding hydrogens is 382 g/mol. The maximum atomic E-state index is 12.5. The molecule has 7 nitrogen and oxygen atoms in total. The van der Waals surface area contributed by atoms with Crippen LogP contribution in [0.25, 0.3) is 0 Å². The minimum absolute atomic E-state index is 0.196. The summed E-state index contributed by atoms with van der Waals surface area (Å²) >= 11 is 6.20. The number of pyridine rings is 1. The van der Waals surface area contributed by atoms with E-state index in [-0.39, 0.29) is 18.9 Å². The number of nitrogens with one attached hydrogen (secondary N) is 2. The molecule has 28 heavy (non-hydrogen) atoms. The zero-order valence-electron chi connectivity index (χ0n) is 15.3. The van der Waals surface area contributed by atoms with Crippen LogP contribution in [0.1, 0.15) is 29.3 Å². The number of halogens is 1. The highest BCUT2D eigenvalue weighted by Crippen LogP contribution is 2.51. The lowest BCUT2D eigenvalue weighted by molar-refractivity contribution is -0.144. The van der Waals surface area contributed by atoms with Crippen LogP contribution in [0.4, 0.5) is 5.69 Å². The number of ether oxygens (including phenoxy) is 1. The molecule has 0 aliphatic heterocycles. The van der Waals surface area contributed by atoms with Crippen molar-refractivity contribution in [1.29, 1.82) is 0 Å². The summed E-state index contributed by atoms with van der Waals surface area (Å²) in [6.45, 7) is 2.18. The van der Waals surface area contributed by atoms with Gasteiger partial charge in [-0.2, -0.15) is 0 Å². The summed E-state index contributed by atoms with van der Waals surface area (Å²) in [6, 6.07) is 10.3. The monoisotopic (exact) mass is 401 g/mol. The van der Waals surface area contributed by atoms with E-state index >= 15 is 0 Å². The molecule has 2 aromatic rings. The lowest BCUT2D eigenvalue weighted by atomic mass is 10.1. The molecule has 1 aliphatic rings. The molecule has 0 saturated heterocycles. The second kappa shape index (κ2) is 8.39. The summed E-state index contributed by atoms with van der Waals surface area (Å²) in [5.41, 5.74) is 1.53. The van der Waals surface area contributed by atoms with Gasteiger partial charge in [-0.1, -0.05) is 18.2 Å². The number of esters is 1. The standard InChI is InChI=1S/C20H20ClN3O4/c1-2-28-19(27)20(21)10-15(20)18(26)24-16-8-4-3-7-14(16)17(25)23-12-13-6-5-9-22-11-13/h3-9,11,15H,2,10,12H2,1H3,(H,23,25)(H,24,26). The number of alkyl halides is 1. The Bertz CT molecular complexity index is 890. The van der Waals surface area contributed by atoms with Crippen molar-refractivity contribution in [2.75, 3.05) is 11.9 Å². The Balaban J connectivity index is 1.65. The quantitative estimate of drug-likeness (QED) is 0.548. The van der Waals surface area contributed by atoms with Crippen molar-refractivity contribution in [2.24, 2.45) is 5.92 Å². The molecule has 8 heteroatoms. The number of benzene rings is 1. The summed E-state index contributed by atoms with van der Waals surface area (Å²) in [6.07, 6.45) is 3.52. The largest absolute Gasteiger partial charge is 0.465 e. The van der Waals surface area contributed by atoms with E-state index in [0.717, 1.165) is 5.56 Å². The third kappa shape index (κ3) is 4.31. The summed E-state index contributed by atoms with van der Waals surface area (Å²) in [4.78, 5) is 39.6. The Kier molecular flexibility index (Phi) is 5.94. The van der Waals surface area contributed by atoms with E-state index in [1.165, 1.54) is 0 Å². The number of para-hydroxylation sites is 1. The van der Waals surface area contributed by atoms with Crippen LogP contribution >= 0.6 is 11.6 Å². The van der Waals surface area contributed by atoms with E-state index in [0.29, 0.717) is 17.8 Å². The topological polar surface area (TPSA) is 97.4 Å². The van der Waals surface area contributed by atoms with Crippen LogP contribution in [0.2, 0.25) is 0 Å². The molecule has 2 amide bonds. The third-order valence-electron chi connectivity index (χ3n) is 4.43. The molecule has 1 fully saturated rings. The first-order valence-corrected chi connectivity index (χ1v) is 9.26. The molecular formula is C20H20ClN3O4. The van der Waals surface area contributed by atoms with Crippen LogP contribution in [0.15, 0.2) is 48.8 Å².